The lowest BCUT2D eigenvalue weighted by molar-refractivity contribution is -0.145. The van der Waals surface area contributed by atoms with Crippen LogP contribution in [0.2, 0.25) is 0 Å². The number of hydrogen-bond acceptors (Lipinski definition) is 9. The molecule has 2 heterocycles. The molecule has 0 spiro atoms. The van der Waals surface area contributed by atoms with Crippen molar-refractivity contribution in [2.24, 2.45) is 0 Å². The lowest BCUT2D eigenvalue weighted by atomic mass is 10.1. The van der Waals surface area contributed by atoms with E-state index < -0.39 is 17.5 Å². The predicted molar refractivity (Wildman–Crippen MR) is 178 cm³/mol. The van der Waals surface area contributed by atoms with Crippen molar-refractivity contribution in [3.8, 4) is 11.5 Å². The van der Waals surface area contributed by atoms with Crippen LogP contribution in [0, 0.1) is 6.92 Å². The van der Waals surface area contributed by atoms with Gasteiger partial charge in [0.1, 0.15) is 5.60 Å². The van der Waals surface area contributed by atoms with E-state index in [-0.39, 0.29) is 49.9 Å². The number of rotatable bonds is 12. The second-order valence-electron chi connectivity index (χ2n) is 13.0. The van der Waals surface area contributed by atoms with Gasteiger partial charge in [0.05, 0.1) is 13.1 Å². The van der Waals surface area contributed by atoms with Crippen molar-refractivity contribution in [3.63, 3.8) is 0 Å². The van der Waals surface area contributed by atoms with E-state index in [0.717, 1.165) is 5.56 Å². The minimum absolute atomic E-state index is 0.0630. The molecule has 0 saturated carbocycles. The zero-order chi connectivity index (χ0) is 34.5. The first kappa shape index (κ1) is 35.2. The van der Waals surface area contributed by atoms with Gasteiger partial charge >= 0.3 is 11.8 Å². The van der Waals surface area contributed by atoms with E-state index in [0.29, 0.717) is 30.9 Å². The third-order valence-electron chi connectivity index (χ3n) is 7.89. The Kier molecular flexibility index (Phi) is 11.1. The number of benzene rings is 2. The number of amides is 3. The topological polar surface area (TPSA) is 133 Å². The zero-order valence-corrected chi connectivity index (χ0v) is 28.7. The molecule has 1 N–H and O–H groups in total. The van der Waals surface area contributed by atoms with E-state index in [9.17, 15) is 19.2 Å². The Morgan fingerprint density at radius 3 is 2.28 bits per heavy atom. The van der Waals surface area contributed by atoms with Crippen LogP contribution in [0.15, 0.2) is 51.7 Å². The molecule has 3 aromatic rings. The van der Waals surface area contributed by atoms with E-state index in [1.165, 1.54) is 15.8 Å². The Balaban J connectivity index is 1.50. The maximum Gasteiger partial charge on any atom is 0.437 e. The molecule has 1 aromatic heterocycles. The molecule has 3 amide bonds. The Bertz CT molecular complexity index is 1610. The first-order chi connectivity index (χ1) is 22.2. The molecule has 13 nitrogen and oxygen atoms in total. The number of nitrogens with zero attached hydrogens (tertiary/aromatic N) is 6. The number of nitrogens with one attached hydrogen (secondary N) is 1. The molecule has 0 saturated heterocycles. The van der Waals surface area contributed by atoms with Crippen LogP contribution in [0.1, 0.15) is 58.2 Å². The number of hydrogen-bond donors (Lipinski definition) is 1. The zero-order valence-electron chi connectivity index (χ0n) is 28.7. The average Bonchev–Trinajstić information content (AvgIpc) is 3.60. The first-order valence-corrected chi connectivity index (χ1v) is 15.9. The Morgan fingerprint density at radius 1 is 1.06 bits per heavy atom. The van der Waals surface area contributed by atoms with Gasteiger partial charge in [-0.25, -0.2) is 14.6 Å². The first-order valence-electron chi connectivity index (χ1n) is 15.9. The van der Waals surface area contributed by atoms with Gasteiger partial charge in [0.2, 0.25) is 11.8 Å². The number of aromatic nitrogens is 2. The second-order valence-corrected chi connectivity index (χ2v) is 13.0. The van der Waals surface area contributed by atoms with Crippen LogP contribution in [-0.4, -0.2) is 87.5 Å². The van der Waals surface area contributed by atoms with Crippen LogP contribution < -0.4 is 16.0 Å². The molecule has 0 unspecified atom stereocenters. The molecule has 1 aliphatic rings. The van der Waals surface area contributed by atoms with Crippen molar-refractivity contribution < 1.29 is 23.5 Å². The molecule has 1 aliphatic heterocycles. The smallest absolute Gasteiger partial charge is 0.437 e. The lowest BCUT2D eigenvalue weighted by Crippen LogP contribution is -2.49. The molecule has 254 valence electrons. The fourth-order valence-corrected chi connectivity index (χ4v) is 5.37. The van der Waals surface area contributed by atoms with Gasteiger partial charge in [0.15, 0.2) is 0 Å². The fourth-order valence-electron chi connectivity index (χ4n) is 5.37. The average molecular weight is 650 g/mol. The standard InChI is InChI=1S/C34H47N7O6/c1-9-41-33(45)46-31(36-41)25-14-15-28(24(4)18-25)38(22-30(43)37(8)39-19-26-12-10-11-13-27(26)20-39)21-29(42)35-16-17-40(23(2)3)32(44)47-34(5,6)7/h10-15,18,23H,9,16-17,19-22H2,1-8H3,(H,35,42). The second kappa shape index (κ2) is 14.8. The maximum atomic E-state index is 13.7. The van der Waals surface area contributed by atoms with Gasteiger partial charge in [0, 0.05) is 57.1 Å². The normalized spacial score (nSPS) is 13.0. The minimum Gasteiger partial charge on any atom is -0.444 e. The molecular formula is C34H47N7O6. The van der Waals surface area contributed by atoms with Crippen LogP contribution in [-0.2, 0) is 34.0 Å². The predicted octanol–water partition coefficient (Wildman–Crippen LogP) is 3.79. The van der Waals surface area contributed by atoms with Crippen molar-refractivity contribution in [3.05, 3.63) is 69.7 Å². The largest absolute Gasteiger partial charge is 0.444 e. The quantitative estimate of drug-likeness (QED) is 0.311. The number of hydrazine groups is 1. The highest BCUT2D eigenvalue weighted by Gasteiger charge is 2.28. The molecule has 0 bridgehead atoms. The van der Waals surface area contributed by atoms with Crippen molar-refractivity contribution in [1.29, 1.82) is 0 Å². The number of ether oxygens (including phenoxy) is 1. The van der Waals surface area contributed by atoms with E-state index >= 15 is 0 Å². The summed E-state index contributed by atoms with van der Waals surface area (Å²) in [4.78, 5) is 55.1. The summed E-state index contributed by atoms with van der Waals surface area (Å²) in [5.41, 5.74) is 3.76. The number of fused-ring (bicyclic) bond motifs is 1. The van der Waals surface area contributed by atoms with Crippen LogP contribution in [0.25, 0.3) is 11.5 Å². The van der Waals surface area contributed by atoms with Crippen LogP contribution in [0.4, 0.5) is 10.5 Å². The number of carbonyl (C=O) groups is 3. The summed E-state index contributed by atoms with van der Waals surface area (Å²) in [6.07, 6.45) is -0.448. The van der Waals surface area contributed by atoms with Gasteiger partial charge in [0.25, 0.3) is 5.91 Å². The maximum absolute atomic E-state index is 13.7. The van der Waals surface area contributed by atoms with Crippen LogP contribution in [0.3, 0.4) is 0 Å². The molecule has 13 heteroatoms. The Labute approximate surface area is 276 Å². The minimum atomic E-state index is -0.639. The summed E-state index contributed by atoms with van der Waals surface area (Å²) in [5, 5.41) is 10.7. The van der Waals surface area contributed by atoms with Gasteiger partial charge in [-0.15, -0.1) is 5.10 Å². The number of aryl methyl sites for hydroxylation is 2. The molecule has 0 aliphatic carbocycles. The summed E-state index contributed by atoms with van der Waals surface area (Å²) < 4.78 is 12.1. The van der Waals surface area contributed by atoms with E-state index in [1.54, 1.807) is 40.9 Å². The van der Waals surface area contributed by atoms with E-state index in [1.807, 2.05) is 64.8 Å². The fraction of sp³-hybridized carbons (Fsp3) is 0.500. The van der Waals surface area contributed by atoms with E-state index in [2.05, 4.69) is 22.5 Å². The molecule has 0 atom stereocenters. The Morgan fingerprint density at radius 2 is 1.72 bits per heavy atom. The number of carbonyl (C=O) groups excluding carboxylic acids is 3. The van der Waals surface area contributed by atoms with Crippen molar-refractivity contribution >= 4 is 23.6 Å². The molecule has 0 radical (unpaired) electrons. The van der Waals surface area contributed by atoms with Gasteiger partial charge in [-0.3, -0.25) is 14.6 Å². The molecule has 2 aromatic carbocycles. The van der Waals surface area contributed by atoms with Gasteiger partial charge in [-0.2, -0.15) is 4.68 Å². The summed E-state index contributed by atoms with van der Waals surface area (Å²) >= 11 is 0. The van der Waals surface area contributed by atoms with Crippen molar-refractivity contribution in [2.75, 3.05) is 38.1 Å². The van der Waals surface area contributed by atoms with Crippen LogP contribution >= 0.6 is 0 Å². The Hall–Kier alpha value is -4.65. The highest BCUT2D eigenvalue weighted by molar-refractivity contribution is 5.87. The summed E-state index contributed by atoms with van der Waals surface area (Å²) in [5.74, 6) is -0.835. The van der Waals surface area contributed by atoms with Gasteiger partial charge in [-0.05, 0) is 83.4 Å². The summed E-state index contributed by atoms with van der Waals surface area (Å²) in [6.45, 7) is 14.8. The SMILES string of the molecule is CCn1nc(-c2ccc(N(CC(=O)NCCN(C(=O)OC(C)(C)C)C(C)C)CC(=O)N(C)N3Cc4ccccc4C3)c(C)c2)oc1=O. The molecular weight excluding hydrogens is 602 g/mol. The van der Waals surface area contributed by atoms with Gasteiger partial charge in [-0.1, -0.05) is 24.3 Å². The van der Waals surface area contributed by atoms with Gasteiger partial charge < -0.3 is 24.3 Å². The van der Waals surface area contributed by atoms with Crippen molar-refractivity contribution in [1.82, 2.24) is 30.0 Å². The third kappa shape index (κ3) is 9.00. The molecule has 0 fully saturated rings. The molecule has 4 rings (SSSR count). The van der Waals surface area contributed by atoms with E-state index in [4.69, 9.17) is 9.15 Å². The summed E-state index contributed by atoms with van der Waals surface area (Å²) in [7, 11) is 1.74. The highest BCUT2D eigenvalue weighted by Crippen LogP contribution is 2.27. The van der Waals surface area contributed by atoms with Crippen molar-refractivity contribution in [2.45, 2.75) is 79.7 Å². The third-order valence-corrected chi connectivity index (χ3v) is 7.89. The highest BCUT2D eigenvalue weighted by atomic mass is 16.6. The molecule has 47 heavy (non-hydrogen) atoms. The number of anilines is 1. The number of likely N-dealkylation sites (N-methyl/N-ethyl adjacent to an activating group) is 1. The lowest BCUT2D eigenvalue weighted by Gasteiger charge is -2.32. The summed E-state index contributed by atoms with van der Waals surface area (Å²) in [6, 6.07) is 13.3. The monoisotopic (exact) mass is 649 g/mol. The van der Waals surface area contributed by atoms with Crippen LogP contribution in [0.5, 0.6) is 0 Å².